The fourth-order valence-corrected chi connectivity index (χ4v) is 5.56. The lowest BCUT2D eigenvalue weighted by molar-refractivity contribution is 0.0987. The van der Waals surface area contributed by atoms with Gasteiger partial charge in [-0.15, -0.1) is 11.3 Å². The highest BCUT2D eigenvalue weighted by atomic mass is 32.2. The molecule has 0 radical (unpaired) electrons. The predicted octanol–water partition coefficient (Wildman–Crippen LogP) is 4.66. The molecule has 6 nitrogen and oxygen atoms in total. The van der Waals surface area contributed by atoms with Gasteiger partial charge in [-0.05, 0) is 54.3 Å². The SMILES string of the molecule is COc1cccc(C(=O)N(CCc2cccs2)c2nc3ccc(S(C)(=O)=O)cc3s2)c1. The van der Waals surface area contributed by atoms with E-state index in [0.717, 1.165) is 4.70 Å². The molecule has 1 amide bonds. The van der Waals surface area contributed by atoms with Crippen LogP contribution in [0.1, 0.15) is 15.2 Å². The first-order chi connectivity index (χ1) is 14.8. The zero-order chi connectivity index (χ0) is 22.0. The number of anilines is 1. The van der Waals surface area contributed by atoms with E-state index in [9.17, 15) is 13.2 Å². The largest absolute Gasteiger partial charge is 0.497 e. The van der Waals surface area contributed by atoms with E-state index in [2.05, 4.69) is 4.98 Å². The molecule has 0 aliphatic carbocycles. The predicted molar refractivity (Wildman–Crippen MR) is 125 cm³/mol. The van der Waals surface area contributed by atoms with Crippen LogP contribution >= 0.6 is 22.7 Å². The van der Waals surface area contributed by atoms with Crippen molar-refractivity contribution in [2.45, 2.75) is 11.3 Å². The average Bonchev–Trinajstić information content (AvgIpc) is 3.42. The van der Waals surface area contributed by atoms with Crippen LogP contribution in [0.2, 0.25) is 0 Å². The topological polar surface area (TPSA) is 76.6 Å². The lowest BCUT2D eigenvalue weighted by atomic mass is 10.2. The van der Waals surface area contributed by atoms with Gasteiger partial charge >= 0.3 is 0 Å². The summed E-state index contributed by atoms with van der Waals surface area (Å²) in [5.74, 6) is 0.420. The van der Waals surface area contributed by atoms with Gasteiger partial charge < -0.3 is 4.74 Å². The summed E-state index contributed by atoms with van der Waals surface area (Å²) in [6, 6.07) is 15.9. The summed E-state index contributed by atoms with van der Waals surface area (Å²) in [7, 11) is -1.77. The monoisotopic (exact) mass is 472 g/mol. The van der Waals surface area contributed by atoms with Crippen molar-refractivity contribution in [3.63, 3.8) is 0 Å². The van der Waals surface area contributed by atoms with Gasteiger partial charge in [0, 0.05) is 23.2 Å². The Bertz CT molecular complexity index is 1330. The van der Waals surface area contributed by atoms with Crippen LogP contribution in [0.3, 0.4) is 0 Å². The van der Waals surface area contributed by atoms with E-state index >= 15 is 0 Å². The van der Waals surface area contributed by atoms with Crippen LogP contribution in [0.5, 0.6) is 5.75 Å². The van der Waals surface area contributed by atoms with Crippen LogP contribution in [0, 0.1) is 0 Å². The van der Waals surface area contributed by atoms with Gasteiger partial charge in [0.1, 0.15) is 5.75 Å². The number of carbonyl (C=O) groups excluding carboxylic acids is 1. The number of methoxy groups -OCH3 is 1. The Morgan fingerprint density at radius 3 is 2.68 bits per heavy atom. The van der Waals surface area contributed by atoms with Crippen molar-refractivity contribution in [3.05, 3.63) is 70.4 Å². The second-order valence-electron chi connectivity index (χ2n) is 6.92. The second kappa shape index (κ2) is 8.78. The van der Waals surface area contributed by atoms with E-state index in [1.54, 1.807) is 65.8 Å². The zero-order valence-electron chi connectivity index (χ0n) is 16.9. The number of amides is 1. The summed E-state index contributed by atoms with van der Waals surface area (Å²) in [6.45, 7) is 0.454. The normalized spacial score (nSPS) is 11.5. The summed E-state index contributed by atoms with van der Waals surface area (Å²) >= 11 is 2.95. The summed E-state index contributed by atoms with van der Waals surface area (Å²) in [4.78, 5) is 21.1. The van der Waals surface area contributed by atoms with Crippen molar-refractivity contribution in [2.24, 2.45) is 0 Å². The molecule has 0 aliphatic heterocycles. The number of sulfone groups is 1. The lowest BCUT2D eigenvalue weighted by Gasteiger charge is -2.20. The van der Waals surface area contributed by atoms with Crippen molar-refractivity contribution < 1.29 is 17.9 Å². The Labute approximate surface area is 188 Å². The van der Waals surface area contributed by atoms with Crippen LogP contribution in [-0.4, -0.2) is 39.2 Å². The summed E-state index contributed by atoms with van der Waals surface area (Å²) in [5, 5.41) is 2.54. The average molecular weight is 473 g/mol. The van der Waals surface area contributed by atoms with Gasteiger partial charge in [0.15, 0.2) is 15.0 Å². The molecule has 0 unspecified atom stereocenters. The number of thiophene rings is 1. The fraction of sp³-hybridized carbons (Fsp3) is 0.182. The number of nitrogens with zero attached hydrogens (tertiary/aromatic N) is 2. The van der Waals surface area contributed by atoms with Crippen LogP contribution in [0.25, 0.3) is 10.2 Å². The number of carbonyl (C=O) groups is 1. The van der Waals surface area contributed by atoms with E-state index < -0.39 is 9.84 Å². The van der Waals surface area contributed by atoms with Gasteiger partial charge in [-0.1, -0.05) is 23.5 Å². The van der Waals surface area contributed by atoms with E-state index in [1.165, 1.54) is 22.5 Å². The van der Waals surface area contributed by atoms with Gasteiger partial charge in [0.2, 0.25) is 0 Å². The fourth-order valence-electron chi connectivity index (χ4n) is 3.11. The third kappa shape index (κ3) is 4.79. The highest BCUT2D eigenvalue weighted by Crippen LogP contribution is 2.32. The van der Waals surface area contributed by atoms with Gasteiger partial charge in [-0.2, -0.15) is 0 Å². The maximum absolute atomic E-state index is 13.4. The first-order valence-electron chi connectivity index (χ1n) is 9.44. The smallest absolute Gasteiger partial charge is 0.260 e. The summed E-state index contributed by atoms with van der Waals surface area (Å²) < 4.78 is 29.8. The molecule has 4 rings (SSSR count). The molecule has 0 saturated heterocycles. The first kappa shape index (κ1) is 21.5. The molecule has 0 N–H and O–H groups in total. The molecule has 0 spiro atoms. The number of hydrogen-bond donors (Lipinski definition) is 0. The molecule has 2 aromatic carbocycles. The molecule has 0 fully saturated rings. The van der Waals surface area contributed by atoms with Crippen LogP contribution in [0.15, 0.2) is 64.9 Å². The van der Waals surface area contributed by atoms with Gasteiger partial charge in [0.25, 0.3) is 5.91 Å². The molecule has 160 valence electrons. The number of hydrogen-bond acceptors (Lipinski definition) is 7. The zero-order valence-corrected chi connectivity index (χ0v) is 19.4. The maximum atomic E-state index is 13.4. The van der Waals surface area contributed by atoms with Crippen molar-refractivity contribution in [2.75, 3.05) is 24.8 Å². The van der Waals surface area contributed by atoms with E-state index in [1.807, 2.05) is 17.5 Å². The first-order valence-corrected chi connectivity index (χ1v) is 13.0. The number of aromatic nitrogens is 1. The third-order valence-corrected chi connectivity index (χ3v) is 7.82. The Morgan fingerprint density at radius 1 is 1.13 bits per heavy atom. The number of benzene rings is 2. The minimum atomic E-state index is -3.33. The minimum absolute atomic E-state index is 0.183. The highest BCUT2D eigenvalue weighted by Gasteiger charge is 2.22. The summed E-state index contributed by atoms with van der Waals surface area (Å²) in [5.41, 5.74) is 1.16. The molecule has 31 heavy (non-hydrogen) atoms. The number of ether oxygens (including phenoxy) is 1. The van der Waals surface area contributed by atoms with Gasteiger partial charge in [-0.25, -0.2) is 13.4 Å². The Hall–Kier alpha value is -2.75. The minimum Gasteiger partial charge on any atom is -0.497 e. The van der Waals surface area contributed by atoms with E-state index in [-0.39, 0.29) is 10.8 Å². The highest BCUT2D eigenvalue weighted by molar-refractivity contribution is 7.90. The van der Waals surface area contributed by atoms with Crippen LogP contribution in [-0.2, 0) is 16.3 Å². The standard InChI is InChI=1S/C22H20N2O4S3/c1-28-16-6-3-5-15(13-16)21(25)24(11-10-17-7-4-12-29-17)22-23-19-9-8-18(31(2,26)27)14-20(19)30-22/h3-9,12-14H,10-11H2,1-2H3. The number of thiazole rings is 1. The summed E-state index contributed by atoms with van der Waals surface area (Å²) in [6.07, 6.45) is 1.87. The molecule has 4 aromatic rings. The maximum Gasteiger partial charge on any atom is 0.260 e. The van der Waals surface area contributed by atoms with Crippen molar-refractivity contribution in [1.29, 1.82) is 0 Å². The van der Waals surface area contributed by atoms with Crippen molar-refractivity contribution in [1.82, 2.24) is 4.98 Å². The molecule has 0 saturated carbocycles. The molecule has 2 aromatic heterocycles. The Balaban J connectivity index is 1.73. The molecule has 0 bridgehead atoms. The molecule has 2 heterocycles. The van der Waals surface area contributed by atoms with E-state index in [0.29, 0.717) is 34.9 Å². The number of fused-ring (bicyclic) bond motifs is 1. The molecule has 0 aliphatic rings. The van der Waals surface area contributed by atoms with Gasteiger partial charge in [0.05, 0.1) is 22.2 Å². The molecular weight excluding hydrogens is 452 g/mol. The third-order valence-electron chi connectivity index (χ3n) is 4.73. The number of rotatable bonds is 7. The van der Waals surface area contributed by atoms with Crippen LogP contribution in [0.4, 0.5) is 5.13 Å². The van der Waals surface area contributed by atoms with Crippen LogP contribution < -0.4 is 9.64 Å². The quantitative estimate of drug-likeness (QED) is 0.391. The molecule has 0 atom stereocenters. The Kier molecular flexibility index (Phi) is 6.08. The van der Waals surface area contributed by atoms with Gasteiger partial charge in [-0.3, -0.25) is 9.69 Å². The lowest BCUT2D eigenvalue weighted by Crippen LogP contribution is -2.32. The molecular formula is C22H20N2O4S3. The van der Waals surface area contributed by atoms with Crippen molar-refractivity contribution in [3.8, 4) is 5.75 Å². The van der Waals surface area contributed by atoms with E-state index in [4.69, 9.17) is 4.74 Å². The molecule has 9 heteroatoms. The van der Waals surface area contributed by atoms with Crippen molar-refractivity contribution >= 4 is 53.8 Å². The second-order valence-corrected chi connectivity index (χ2v) is 11.0. The Morgan fingerprint density at radius 2 is 1.97 bits per heavy atom.